The van der Waals surface area contributed by atoms with Crippen molar-refractivity contribution < 1.29 is 0 Å². The van der Waals surface area contributed by atoms with E-state index >= 15 is 0 Å². The Morgan fingerprint density at radius 1 is 1.19 bits per heavy atom. The second-order valence-corrected chi connectivity index (χ2v) is 2.42. The molecule has 0 bridgehead atoms. The van der Waals surface area contributed by atoms with Gasteiger partial charge in [0, 0.05) is 0 Å². The maximum absolute atomic E-state index is 3.20. The van der Waals surface area contributed by atoms with Gasteiger partial charge < -0.3 is 17.7 Å². The first-order valence-corrected chi connectivity index (χ1v) is 5.97. The molecule has 16 heavy (non-hydrogen) atoms. The minimum Gasteiger partial charge on any atom is -0.327 e. The average molecular weight is 292 g/mol. The zero-order chi connectivity index (χ0) is 11.9. The topological polar surface area (TPSA) is 0 Å². The van der Waals surface area contributed by atoms with Crippen LogP contribution in [0.25, 0.3) is 6.08 Å². The number of unbranched alkanes of at least 4 members (excludes halogenated alkanes) is 1. The van der Waals surface area contributed by atoms with Crippen molar-refractivity contribution in [3.05, 3.63) is 42.0 Å². The minimum atomic E-state index is 0. The van der Waals surface area contributed by atoms with E-state index in [4.69, 9.17) is 0 Å². The van der Waals surface area contributed by atoms with Gasteiger partial charge in [-0.05, 0) is 0 Å². The molecule has 1 rings (SSSR count). The molecule has 0 N–H and O–H groups in total. The fourth-order valence-electron chi connectivity index (χ4n) is 0.823. The third kappa shape index (κ3) is 14.4. The van der Waals surface area contributed by atoms with Gasteiger partial charge in [0.25, 0.3) is 0 Å². The van der Waals surface area contributed by atoms with Crippen molar-refractivity contribution in [2.24, 2.45) is 0 Å². The van der Waals surface area contributed by atoms with Gasteiger partial charge in [0.15, 0.2) is 0 Å². The van der Waals surface area contributed by atoms with Crippen LogP contribution in [0.3, 0.4) is 0 Å². The van der Waals surface area contributed by atoms with Crippen LogP contribution < -0.4 is 0 Å². The molecule has 1 aromatic carbocycles. The first kappa shape index (κ1) is 21.7. The van der Waals surface area contributed by atoms with Gasteiger partial charge in [0.2, 0.25) is 0 Å². The number of hydrogen-bond acceptors (Lipinski definition) is 0. The summed E-state index contributed by atoms with van der Waals surface area (Å²) in [7, 11) is 0. The molecule has 1 aromatic rings. The van der Waals surface area contributed by atoms with Crippen molar-refractivity contribution >= 4 is 51.6 Å². The van der Waals surface area contributed by atoms with E-state index in [9.17, 15) is 0 Å². The molecule has 0 aromatic heterocycles. The van der Waals surface area contributed by atoms with Gasteiger partial charge in [-0.2, -0.15) is 12.1 Å². The minimum absolute atomic E-state index is 0. The fourth-order valence-corrected chi connectivity index (χ4v) is 0.823. The van der Waals surface area contributed by atoms with Crippen molar-refractivity contribution in [2.75, 3.05) is 0 Å². The zero-order valence-electron chi connectivity index (χ0n) is 11.5. The molecule has 0 atom stereocenters. The van der Waals surface area contributed by atoms with E-state index in [-0.39, 0.29) is 45.5 Å². The predicted octanol–water partition coefficient (Wildman–Crippen LogP) is 4.77. The fraction of sp³-hybridized carbons (Fsp3) is 0.467. The number of allylic oxidation sites excluding steroid dienone is 1. The van der Waals surface area contributed by atoms with Gasteiger partial charge in [-0.15, -0.1) is 12.5 Å². The summed E-state index contributed by atoms with van der Waals surface area (Å²) in [4.78, 5) is 0. The van der Waals surface area contributed by atoms with Crippen LogP contribution in [0.5, 0.6) is 0 Å². The Hall–Kier alpha value is 0.441. The quantitative estimate of drug-likeness (QED) is 0.556. The molecule has 1 heteroatoms. The van der Waals surface area contributed by atoms with E-state index in [2.05, 4.69) is 19.1 Å². The summed E-state index contributed by atoms with van der Waals surface area (Å²) in [6.45, 7) is 10.1. The summed E-state index contributed by atoms with van der Waals surface area (Å²) in [5.74, 6) is 0. The van der Waals surface area contributed by atoms with E-state index in [1.165, 1.54) is 0 Å². The van der Waals surface area contributed by atoms with Crippen molar-refractivity contribution in [3.8, 4) is 0 Å². The van der Waals surface area contributed by atoms with Crippen LogP contribution in [0.4, 0.5) is 0 Å². The van der Waals surface area contributed by atoms with Crippen molar-refractivity contribution in [1.82, 2.24) is 0 Å². The molecule has 0 fully saturated rings. The van der Waals surface area contributed by atoms with Crippen LogP contribution in [0.2, 0.25) is 0 Å². The van der Waals surface area contributed by atoms with Gasteiger partial charge >= 0.3 is 45.5 Å². The summed E-state index contributed by atoms with van der Waals surface area (Å²) in [5, 5.41) is 0. The van der Waals surface area contributed by atoms with Crippen LogP contribution in [0.15, 0.2) is 24.3 Å². The van der Waals surface area contributed by atoms with Crippen LogP contribution in [0.1, 0.15) is 53.0 Å². The molecule has 0 aliphatic heterocycles. The zero-order valence-corrected chi connectivity index (χ0v) is 15.0. The maximum Gasteiger partial charge on any atom is 2.00 e. The van der Waals surface area contributed by atoms with Crippen LogP contribution in [0, 0.1) is 12.1 Å². The van der Waals surface area contributed by atoms with Crippen molar-refractivity contribution in [3.63, 3.8) is 0 Å². The molecular formula is C15H24Sr. The van der Waals surface area contributed by atoms with Gasteiger partial charge in [-0.3, -0.25) is 0 Å². The predicted molar refractivity (Wildman–Crippen MR) is 76.3 cm³/mol. The molecule has 0 spiro atoms. The van der Waals surface area contributed by atoms with Crippen molar-refractivity contribution in [1.29, 1.82) is 0 Å². The molecule has 0 saturated heterocycles. The molecule has 0 amide bonds. The number of rotatable bonds is 3. The summed E-state index contributed by atoms with van der Waals surface area (Å²) in [6.07, 6.45) is 7.37. The molecule has 0 aliphatic carbocycles. The Kier molecular flexibility index (Phi) is 28.2. The Bertz CT molecular complexity index is 214. The second-order valence-electron chi connectivity index (χ2n) is 2.42. The smallest absolute Gasteiger partial charge is 0.327 e. The van der Waals surface area contributed by atoms with Gasteiger partial charge in [0.1, 0.15) is 0 Å². The standard InChI is InChI=1S/C11H12.2C2H6.Sr/c1-2-3-5-8-11-9-6-4-7-10-11;2*1-2;/h4,6-9H,2-3H2,1H3;2*1-2H3;/q-2;;;+2. The molecule has 0 radical (unpaired) electrons. The number of benzene rings is 1. The van der Waals surface area contributed by atoms with Gasteiger partial charge in [0.05, 0.1) is 0 Å². The third-order valence-corrected chi connectivity index (χ3v) is 1.39. The Labute approximate surface area is 139 Å². The summed E-state index contributed by atoms with van der Waals surface area (Å²) in [6, 6.07) is 11.0. The molecule has 0 aliphatic rings. The largest absolute Gasteiger partial charge is 2.00 e. The van der Waals surface area contributed by atoms with Crippen LogP contribution in [-0.2, 0) is 0 Å². The van der Waals surface area contributed by atoms with E-state index in [1.807, 2.05) is 58.0 Å². The Morgan fingerprint density at radius 2 is 1.81 bits per heavy atom. The van der Waals surface area contributed by atoms with Gasteiger partial charge in [-0.25, -0.2) is 12.1 Å². The number of hydrogen-bond donors (Lipinski definition) is 0. The second kappa shape index (κ2) is 20.8. The normalized spacial score (nSPS) is 8.06. The average Bonchev–Trinajstić information content (AvgIpc) is 2.36. The molecule has 0 heterocycles. The Morgan fingerprint density at radius 3 is 2.25 bits per heavy atom. The van der Waals surface area contributed by atoms with Crippen LogP contribution >= 0.6 is 0 Å². The molecular weight excluding hydrogens is 268 g/mol. The first-order chi connectivity index (χ1) is 7.43. The van der Waals surface area contributed by atoms with Gasteiger partial charge in [-0.1, -0.05) is 41.0 Å². The van der Waals surface area contributed by atoms with E-state index in [0.29, 0.717) is 0 Å². The van der Waals surface area contributed by atoms with E-state index < -0.39 is 0 Å². The summed E-state index contributed by atoms with van der Waals surface area (Å²) < 4.78 is 0. The van der Waals surface area contributed by atoms with Crippen molar-refractivity contribution in [2.45, 2.75) is 47.5 Å². The summed E-state index contributed by atoms with van der Waals surface area (Å²) in [5.41, 5.74) is 1.11. The van der Waals surface area contributed by atoms with E-state index in [0.717, 1.165) is 18.4 Å². The maximum atomic E-state index is 3.20. The van der Waals surface area contributed by atoms with E-state index in [1.54, 1.807) is 0 Å². The monoisotopic (exact) mass is 292 g/mol. The SMILES string of the molecule is CC.CC.CCC[C-]=Cc1[c-]cccc1.[Sr+2]. The first-order valence-electron chi connectivity index (χ1n) is 5.97. The molecule has 0 saturated carbocycles. The molecule has 0 nitrogen and oxygen atoms in total. The third-order valence-electron chi connectivity index (χ3n) is 1.39. The Balaban J connectivity index is -0.000000305. The summed E-state index contributed by atoms with van der Waals surface area (Å²) >= 11 is 0. The van der Waals surface area contributed by atoms with Crippen LogP contribution in [-0.4, -0.2) is 45.5 Å². The molecule has 0 unspecified atom stereocenters. The molecule has 86 valence electrons.